The van der Waals surface area contributed by atoms with Crippen LogP contribution >= 0.6 is 0 Å². The van der Waals surface area contributed by atoms with Crippen LogP contribution < -0.4 is 0 Å². The van der Waals surface area contributed by atoms with Crippen LogP contribution in [0.3, 0.4) is 0 Å². The number of hydrogen-bond donors (Lipinski definition) is 0. The molecule has 0 aliphatic heterocycles. The molecule has 0 rings (SSSR count). The van der Waals surface area contributed by atoms with Crippen LogP contribution in [0.4, 0.5) is 0 Å². The maximum absolute atomic E-state index is 2.27. The highest BCUT2D eigenvalue weighted by Gasteiger charge is 2.06. The van der Waals surface area contributed by atoms with Gasteiger partial charge >= 0.3 is 0 Å². The summed E-state index contributed by atoms with van der Waals surface area (Å²) in [7, 11) is 2.14. The predicted octanol–water partition coefficient (Wildman–Crippen LogP) is 2.30. The van der Waals surface area contributed by atoms with Gasteiger partial charge in [-0.3, -0.25) is 0 Å². The van der Waals surface area contributed by atoms with Crippen molar-refractivity contribution in [3.63, 3.8) is 0 Å². The molecule has 0 heterocycles. The molecule has 0 spiro atoms. The van der Waals surface area contributed by atoms with Gasteiger partial charge in [-0.05, 0) is 13.3 Å². The maximum Gasteiger partial charge on any atom is 0.149 e. The number of nitrogens with zero attached hydrogens (tertiary/aromatic N) is 1. The third-order valence-corrected chi connectivity index (χ3v) is 2.08. The van der Waals surface area contributed by atoms with Crippen LogP contribution in [0.5, 0.6) is 0 Å². The first-order valence-corrected chi connectivity index (χ1v) is 4.23. The van der Waals surface area contributed by atoms with Gasteiger partial charge < -0.3 is 0 Å². The topological polar surface area (TPSA) is 3.01 Å². The van der Waals surface area contributed by atoms with Crippen LogP contribution in [-0.2, 0) is 0 Å². The van der Waals surface area contributed by atoms with Gasteiger partial charge in [-0.2, -0.15) is 0 Å². The van der Waals surface area contributed by atoms with E-state index in [0.29, 0.717) is 6.04 Å². The van der Waals surface area contributed by atoms with Gasteiger partial charge in [0, 0.05) is 13.3 Å². The average Bonchev–Trinajstić information content (AvgIpc) is 1.98. The van der Waals surface area contributed by atoms with Gasteiger partial charge in [-0.25, -0.2) is 4.58 Å². The van der Waals surface area contributed by atoms with E-state index in [-0.39, 0.29) is 0 Å². The quantitative estimate of drug-likeness (QED) is 0.418. The van der Waals surface area contributed by atoms with Crippen molar-refractivity contribution in [3.05, 3.63) is 0 Å². The zero-order valence-electron chi connectivity index (χ0n) is 7.72. The molecular formula is C9H20N+. The molecule has 60 valence electrons. The Morgan fingerprint density at radius 3 is 2.50 bits per heavy atom. The number of rotatable bonds is 4. The Hall–Kier alpha value is -0.330. The lowest BCUT2D eigenvalue weighted by molar-refractivity contribution is -0.531. The molecule has 0 bridgehead atoms. The fraction of sp³-hybridized carbons (Fsp3) is 0.889. The van der Waals surface area contributed by atoms with Gasteiger partial charge in [-0.1, -0.05) is 13.3 Å². The minimum atomic E-state index is 0.713. The first-order valence-electron chi connectivity index (χ1n) is 4.23. The summed E-state index contributed by atoms with van der Waals surface area (Å²) in [5.74, 6) is 0. The van der Waals surface area contributed by atoms with Crippen molar-refractivity contribution in [1.82, 2.24) is 0 Å². The summed E-state index contributed by atoms with van der Waals surface area (Å²) >= 11 is 0. The molecule has 0 saturated heterocycles. The summed E-state index contributed by atoms with van der Waals surface area (Å²) in [6, 6.07) is 0.713. The van der Waals surface area contributed by atoms with Crippen LogP contribution in [0.25, 0.3) is 0 Å². The van der Waals surface area contributed by atoms with Gasteiger partial charge in [0.05, 0.1) is 0 Å². The van der Waals surface area contributed by atoms with Crippen molar-refractivity contribution in [2.24, 2.45) is 0 Å². The van der Waals surface area contributed by atoms with Crippen LogP contribution in [0, 0.1) is 0 Å². The van der Waals surface area contributed by atoms with Crippen LogP contribution in [0.15, 0.2) is 0 Å². The van der Waals surface area contributed by atoms with E-state index in [9.17, 15) is 0 Å². The van der Waals surface area contributed by atoms with Crippen molar-refractivity contribution >= 4 is 6.21 Å². The Morgan fingerprint density at radius 2 is 2.10 bits per heavy atom. The lowest BCUT2D eigenvalue weighted by Crippen LogP contribution is -2.19. The van der Waals surface area contributed by atoms with Gasteiger partial charge in [0.1, 0.15) is 19.3 Å². The standard InChI is InChI=1S/C9H20N/c1-5-7-8-9(3)10(4)6-2/h6,9H,5,7-8H2,1-4H3/q+1. The molecule has 1 unspecified atom stereocenters. The average molecular weight is 142 g/mol. The Balaban J connectivity index is 3.51. The van der Waals surface area contributed by atoms with Crippen molar-refractivity contribution in [2.45, 2.75) is 46.1 Å². The molecule has 0 radical (unpaired) electrons. The monoisotopic (exact) mass is 142 g/mol. The summed E-state index contributed by atoms with van der Waals surface area (Å²) in [6.07, 6.45) is 6.11. The van der Waals surface area contributed by atoms with E-state index in [0.717, 1.165) is 0 Å². The first-order chi connectivity index (χ1) is 4.72. The lowest BCUT2D eigenvalue weighted by Gasteiger charge is -2.05. The molecule has 0 fully saturated rings. The third-order valence-electron chi connectivity index (χ3n) is 2.08. The smallest absolute Gasteiger partial charge is 0.149 e. The van der Waals surface area contributed by atoms with Crippen molar-refractivity contribution < 1.29 is 4.58 Å². The minimum Gasteiger partial charge on any atom is -0.240 e. The Labute approximate surface area is 64.8 Å². The van der Waals surface area contributed by atoms with E-state index < -0.39 is 0 Å². The van der Waals surface area contributed by atoms with Crippen LogP contribution in [0.2, 0.25) is 0 Å². The minimum absolute atomic E-state index is 0.713. The summed E-state index contributed by atoms with van der Waals surface area (Å²) in [6.45, 7) is 6.60. The molecule has 0 amide bonds. The molecule has 0 aliphatic carbocycles. The van der Waals surface area contributed by atoms with Gasteiger partial charge in [0.25, 0.3) is 0 Å². The van der Waals surface area contributed by atoms with E-state index in [4.69, 9.17) is 0 Å². The molecule has 1 nitrogen and oxygen atoms in total. The SMILES string of the molecule is CC=[N+](C)C(C)CCCC. The third kappa shape index (κ3) is 3.65. The molecule has 0 saturated carbocycles. The second-order valence-corrected chi connectivity index (χ2v) is 2.91. The highest BCUT2D eigenvalue weighted by atomic mass is 15.0. The summed E-state index contributed by atoms with van der Waals surface area (Å²) in [5.41, 5.74) is 0. The number of hydrogen-bond acceptors (Lipinski definition) is 0. The first kappa shape index (κ1) is 9.67. The van der Waals surface area contributed by atoms with E-state index in [1.54, 1.807) is 0 Å². The lowest BCUT2D eigenvalue weighted by atomic mass is 10.1. The van der Waals surface area contributed by atoms with Crippen molar-refractivity contribution in [2.75, 3.05) is 7.05 Å². The van der Waals surface area contributed by atoms with E-state index >= 15 is 0 Å². The van der Waals surface area contributed by atoms with Gasteiger partial charge in [0.15, 0.2) is 0 Å². The molecule has 1 atom stereocenters. The predicted molar refractivity (Wildman–Crippen MR) is 46.9 cm³/mol. The summed E-state index contributed by atoms with van der Waals surface area (Å²) in [5, 5.41) is 0. The van der Waals surface area contributed by atoms with Crippen molar-refractivity contribution in [3.8, 4) is 0 Å². The zero-order valence-corrected chi connectivity index (χ0v) is 7.72. The second kappa shape index (κ2) is 5.45. The Kier molecular flexibility index (Phi) is 5.27. The van der Waals surface area contributed by atoms with E-state index in [2.05, 4.69) is 38.6 Å². The molecule has 0 aromatic rings. The largest absolute Gasteiger partial charge is 0.240 e. The zero-order chi connectivity index (χ0) is 7.98. The number of unbranched alkanes of at least 4 members (excludes halogenated alkanes) is 1. The van der Waals surface area contributed by atoms with Gasteiger partial charge in [-0.15, -0.1) is 0 Å². The molecule has 1 heteroatoms. The molecule has 0 aliphatic rings. The molecule has 10 heavy (non-hydrogen) atoms. The normalized spacial score (nSPS) is 15.4. The summed E-state index contributed by atoms with van der Waals surface area (Å²) < 4.78 is 2.27. The van der Waals surface area contributed by atoms with Crippen LogP contribution in [-0.4, -0.2) is 23.9 Å². The fourth-order valence-electron chi connectivity index (χ4n) is 0.958. The summed E-state index contributed by atoms with van der Waals surface area (Å²) in [4.78, 5) is 0. The Morgan fingerprint density at radius 1 is 1.50 bits per heavy atom. The molecular weight excluding hydrogens is 122 g/mol. The highest BCUT2D eigenvalue weighted by molar-refractivity contribution is 5.46. The van der Waals surface area contributed by atoms with Crippen LogP contribution in [0.1, 0.15) is 40.0 Å². The Bertz CT molecular complexity index is 105. The fourth-order valence-corrected chi connectivity index (χ4v) is 0.958. The van der Waals surface area contributed by atoms with Crippen molar-refractivity contribution in [1.29, 1.82) is 0 Å². The van der Waals surface area contributed by atoms with E-state index in [1.165, 1.54) is 19.3 Å². The molecule has 0 N–H and O–H groups in total. The van der Waals surface area contributed by atoms with Gasteiger partial charge in [0.2, 0.25) is 0 Å². The molecule has 0 aromatic heterocycles. The molecule has 0 aromatic carbocycles. The highest BCUT2D eigenvalue weighted by Crippen LogP contribution is 2.01. The van der Waals surface area contributed by atoms with E-state index in [1.807, 2.05) is 0 Å². The maximum atomic E-state index is 2.27. The second-order valence-electron chi connectivity index (χ2n) is 2.91.